The van der Waals surface area contributed by atoms with Crippen LogP contribution in [0.3, 0.4) is 0 Å². The standard InChI is InChI=1S/C28H30N2O4/c1-4-27(31)29-18-24-13-9-8-12-23(24)17-28(32)30-20(2)22-14-15-25(26(16-22)33-3)34-19-21-10-6-5-7-11-21/h4-16,20H,1,17-19H2,2-3H3,(H,29,31)(H,30,32). The van der Waals surface area contributed by atoms with Crippen molar-refractivity contribution >= 4 is 11.8 Å². The van der Waals surface area contributed by atoms with Crippen LogP contribution in [-0.2, 0) is 29.2 Å². The van der Waals surface area contributed by atoms with E-state index in [1.165, 1.54) is 6.08 Å². The second-order valence-electron chi connectivity index (χ2n) is 7.84. The minimum absolute atomic E-state index is 0.113. The Morgan fingerprint density at radius 1 is 0.971 bits per heavy atom. The number of hydrogen-bond acceptors (Lipinski definition) is 4. The van der Waals surface area contributed by atoms with Gasteiger partial charge in [-0.15, -0.1) is 0 Å². The highest BCUT2D eigenvalue weighted by atomic mass is 16.5. The average molecular weight is 459 g/mol. The number of methoxy groups -OCH3 is 1. The molecular formula is C28H30N2O4. The molecule has 2 N–H and O–H groups in total. The predicted molar refractivity (Wildman–Crippen MR) is 133 cm³/mol. The normalized spacial score (nSPS) is 11.2. The van der Waals surface area contributed by atoms with Crippen LogP contribution in [0, 0.1) is 0 Å². The van der Waals surface area contributed by atoms with Gasteiger partial charge in [-0.25, -0.2) is 0 Å². The van der Waals surface area contributed by atoms with Gasteiger partial charge in [0.15, 0.2) is 11.5 Å². The Morgan fingerprint density at radius 2 is 1.68 bits per heavy atom. The quantitative estimate of drug-likeness (QED) is 0.415. The first-order valence-electron chi connectivity index (χ1n) is 11.1. The van der Waals surface area contributed by atoms with Gasteiger partial charge >= 0.3 is 0 Å². The Kier molecular flexibility index (Phi) is 8.86. The van der Waals surface area contributed by atoms with E-state index in [1.807, 2.05) is 79.7 Å². The summed E-state index contributed by atoms with van der Waals surface area (Å²) < 4.78 is 11.4. The monoisotopic (exact) mass is 458 g/mol. The molecule has 6 heteroatoms. The second kappa shape index (κ2) is 12.3. The Labute approximate surface area is 200 Å². The molecule has 0 fully saturated rings. The molecule has 0 aliphatic heterocycles. The summed E-state index contributed by atoms with van der Waals surface area (Å²) in [7, 11) is 1.60. The zero-order chi connectivity index (χ0) is 24.3. The van der Waals surface area contributed by atoms with Crippen molar-refractivity contribution in [3.8, 4) is 11.5 Å². The molecule has 0 aliphatic carbocycles. The molecule has 0 saturated heterocycles. The van der Waals surface area contributed by atoms with Gasteiger partial charge in [0, 0.05) is 6.54 Å². The topological polar surface area (TPSA) is 76.7 Å². The summed E-state index contributed by atoms with van der Waals surface area (Å²) in [4.78, 5) is 24.2. The molecule has 6 nitrogen and oxygen atoms in total. The Bertz CT molecular complexity index is 1130. The zero-order valence-electron chi connectivity index (χ0n) is 19.5. The van der Waals surface area contributed by atoms with E-state index in [1.54, 1.807) is 7.11 Å². The molecule has 1 atom stereocenters. The molecule has 3 aromatic rings. The van der Waals surface area contributed by atoms with Gasteiger partial charge in [0.05, 0.1) is 19.6 Å². The van der Waals surface area contributed by atoms with Gasteiger partial charge in [0.2, 0.25) is 11.8 Å². The van der Waals surface area contributed by atoms with Crippen molar-refractivity contribution in [2.24, 2.45) is 0 Å². The Morgan fingerprint density at radius 3 is 2.38 bits per heavy atom. The minimum atomic E-state index is -0.252. The molecule has 0 bridgehead atoms. The Hall–Kier alpha value is -4.06. The summed E-state index contributed by atoms with van der Waals surface area (Å²) in [6.07, 6.45) is 1.43. The van der Waals surface area contributed by atoms with Crippen molar-refractivity contribution in [2.75, 3.05) is 7.11 Å². The Balaban J connectivity index is 1.62. The number of ether oxygens (including phenoxy) is 2. The van der Waals surface area contributed by atoms with Crippen LogP contribution in [0.15, 0.2) is 85.5 Å². The summed E-state index contributed by atoms with van der Waals surface area (Å²) in [6, 6.07) is 22.9. The highest BCUT2D eigenvalue weighted by Gasteiger charge is 2.15. The van der Waals surface area contributed by atoms with E-state index in [0.29, 0.717) is 24.7 Å². The van der Waals surface area contributed by atoms with Crippen molar-refractivity contribution in [3.63, 3.8) is 0 Å². The maximum atomic E-state index is 12.8. The lowest BCUT2D eigenvalue weighted by Gasteiger charge is -2.18. The van der Waals surface area contributed by atoms with Crippen LogP contribution in [0.2, 0.25) is 0 Å². The first kappa shape index (κ1) is 24.6. The zero-order valence-corrected chi connectivity index (χ0v) is 19.5. The molecule has 0 saturated carbocycles. The van der Waals surface area contributed by atoms with Crippen LogP contribution < -0.4 is 20.1 Å². The maximum absolute atomic E-state index is 12.8. The molecule has 0 aliphatic rings. The van der Waals surface area contributed by atoms with E-state index >= 15 is 0 Å². The number of carbonyl (C=O) groups is 2. The molecule has 2 amide bonds. The second-order valence-corrected chi connectivity index (χ2v) is 7.84. The van der Waals surface area contributed by atoms with Crippen LogP contribution in [0.4, 0.5) is 0 Å². The third kappa shape index (κ3) is 6.97. The van der Waals surface area contributed by atoms with Crippen LogP contribution in [0.25, 0.3) is 0 Å². The van der Waals surface area contributed by atoms with Crippen molar-refractivity contribution in [2.45, 2.75) is 32.5 Å². The van der Waals surface area contributed by atoms with Gasteiger partial charge in [-0.3, -0.25) is 9.59 Å². The summed E-state index contributed by atoms with van der Waals surface area (Å²) >= 11 is 0. The summed E-state index contributed by atoms with van der Waals surface area (Å²) in [5.41, 5.74) is 3.73. The third-order valence-electron chi connectivity index (χ3n) is 5.41. The van der Waals surface area contributed by atoms with Gasteiger partial charge in [-0.2, -0.15) is 0 Å². The average Bonchev–Trinajstić information content (AvgIpc) is 2.87. The van der Waals surface area contributed by atoms with Crippen molar-refractivity contribution in [3.05, 3.63) is 108 Å². The van der Waals surface area contributed by atoms with Crippen molar-refractivity contribution in [1.29, 1.82) is 0 Å². The van der Waals surface area contributed by atoms with E-state index in [2.05, 4.69) is 17.2 Å². The fraction of sp³-hybridized carbons (Fsp3) is 0.214. The summed E-state index contributed by atoms with van der Waals surface area (Å²) in [5, 5.41) is 5.79. The van der Waals surface area contributed by atoms with E-state index in [4.69, 9.17) is 9.47 Å². The molecule has 3 rings (SSSR count). The number of nitrogens with one attached hydrogen (secondary N) is 2. The van der Waals surface area contributed by atoms with Gasteiger partial charge in [0.25, 0.3) is 0 Å². The van der Waals surface area contributed by atoms with Crippen LogP contribution in [0.5, 0.6) is 11.5 Å². The van der Waals surface area contributed by atoms with Gasteiger partial charge in [-0.1, -0.05) is 67.2 Å². The fourth-order valence-electron chi connectivity index (χ4n) is 3.51. The van der Waals surface area contributed by atoms with Gasteiger partial charge < -0.3 is 20.1 Å². The predicted octanol–water partition coefficient (Wildman–Crippen LogP) is 4.50. The van der Waals surface area contributed by atoms with Crippen LogP contribution in [-0.4, -0.2) is 18.9 Å². The highest BCUT2D eigenvalue weighted by molar-refractivity contribution is 5.86. The number of hydrogen-bond donors (Lipinski definition) is 2. The summed E-state index contributed by atoms with van der Waals surface area (Å²) in [6.45, 7) is 6.16. The molecule has 3 aromatic carbocycles. The largest absolute Gasteiger partial charge is 0.493 e. The smallest absolute Gasteiger partial charge is 0.243 e. The number of carbonyl (C=O) groups excluding carboxylic acids is 2. The van der Waals surface area contributed by atoms with Gasteiger partial charge in [0.1, 0.15) is 6.61 Å². The fourth-order valence-corrected chi connectivity index (χ4v) is 3.51. The van der Waals surface area contributed by atoms with Crippen molar-refractivity contribution in [1.82, 2.24) is 10.6 Å². The first-order valence-corrected chi connectivity index (χ1v) is 11.1. The molecule has 0 spiro atoms. The number of amides is 2. The van der Waals surface area contributed by atoms with E-state index in [0.717, 1.165) is 22.3 Å². The summed E-state index contributed by atoms with van der Waals surface area (Å²) in [5.74, 6) is 0.887. The third-order valence-corrected chi connectivity index (χ3v) is 5.41. The highest BCUT2D eigenvalue weighted by Crippen LogP contribution is 2.31. The minimum Gasteiger partial charge on any atom is -0.493 e. The molecule has 1 unspecified atom stereocenters. The molecule has 0 aromatic heterocycles. The van der Waals surface area contributed by atoms with Gasteiger partial charge in [-0.05, 0) is 47.4 Å². The van der Waals surface area contributed by atoms with Crippen LogP contribution in [0.1, 0.15) is 35.2 Å². The number of benzene rings is 3. The molecule has 0 radical (unpaired) electrons. The van der Waals surface area contributed by atoms with E-state index < -0.39 is 0 Å². The lowest BCUT2D eigenvalue weighted by atomic mass is 10.0. The SMILES string of the molecule is C=CC(=O)NCc1ccccc1CC(=O)NC(C)c1ccc(OCc2ccccc2)c(OC)c1. The first-order chi connectivity index (χ1) is 16.5. The lowest BCUT2D eigenvalue weighted by Crippen LogP contribution is -2.29. The van der Waals surface area contributed by atoms with Crippen molar-refractivity contribution < 1.29 is 19.1 Å². The van der Waals surface area contributed by atoms with Crippen LogP contribution >= 0.6 is 0 Å². The van der Waals surface area contributed by atoms with E-state index in [9.17, 15) is 9.59 Å². The molecule has 34 heavy (non-hydrogen) atoms. The molecule has 176 valence electrons. The number of rotatable bonds is 11. The molecule has 0 heterocycles. The molecular weight excluding hydrogens is 428 g/mol. The maximum Gasteiger partial charge on any atom is 0.243 e. The lowest BCUT2D eigenvalue weighted by molar-refractivity contribution is -0.121. The van der Waals surface area contributed by atoms with E-state index in [-0.39, 0.29) is 24.3 Å².